The van der Waals surface area contributed by atoms with Crippen LogP contribution < -0.4 is 0 Å². The molecule has 1 aromatic heterocycles. The van der Waals surface area contributed by atoms with Crippen molar-refractivity contribution in [2.75, 3.05) is 6.26 Å². The van der Waals surface area contributed by atoms with E-state index in [2.05, 4.69) is 12.3 Å². The number of benzene rings is 1. The highest BCUT2D eigenvalue weighted by atomic mass is 32.2. The smallest absolute Gasteiger partial charge is 0.138 e. The second kappa shape index (κ2) is 3.91. The maximum absolute atomic E-state index is 13.4. The molecular weight excluding hydrogens is 215 g/mol. The van der Waals surface area contributed by atoms with Crippen LogP contribution in [0.4, 0.5) is 4.39 Å². The number of halogens is 1. The summed E-state index contributed by atoms with van der Waals surface area (Å²) in [4.78, 5) is 0.784. The minimum absolute atomic E-state index is 0.102. The quantitative estimate of drug-likeness (QED) is 0.687. The van der Waals surface area contributed by atoms with E-state index in [1.165, 1.54) is 22.7 Å². The Balaban J connectivity index is 2.76. The van der Waals surface area contributed by atoms with E-state index in [1.54, 1.807) is 17.4 Å². The van der Waals surface area contributed by atoms with Crippen molar-refractivity contribution >= 4 is 33.2 Å². The molecule has 0 bridgehead atoms. The van der Waals surface area contributed by atoms with E-state index in [9.17, 15) is 4.39 Å². The van der Waals surface area contributed by atoms with Crippen LogP contribution in [0.5, 0.6) is 0 Å². The highest BCUT2D eigenvalue weighted by Crippen LogP contribution is 2.35. The summed E-state index contributed by atoms with van der Waals surface area (Å²) >= 11 is 3.13. The molecule has 0 unspecified atom stereocenters. The van der Waals surface area contributed by atoms with Crippen LogP contribution in [0.3, 0.4) is 0 Å². The van der Waals surface area contributed by atoms with Gasteiger partial charge in [-0.3, -0.25) is 0 Å². The van der Waals surface area contributed by atoms with Crippen LogP contribution in [0, 0.1) is 5.82 Å². The molecule has 0 saturated carbocycles. The fraction of sp³-hybridized carbons (Fsp3) is 0.273. The lowest BCUT2D eigenvalue weighted by Crippen LogP contribution is -1.81. The molecule has 0 radical (unpaired) electrons. The van der Waals surface area contributed by atoms with Gasteiger partial charge in [-0.15, -0.1) is 23.1 Å². The van der Waals surface area contributed by atoms with Gasteiger partial charge < -0.3 is 0 Å². The molecule has 1 heterocycles. The maximum Gasteiger partial charge on any atom is 0.138 e. The Morgan fingerprint density at radius 1 is 1.43 bits per heavy atom. The highest BCUT2D eigenvalue weighted by Gasteiger charge is 2.10. The number of hydrogen-bond donors (Lipinski definition) is 0. The summed E-state index contributed by atoms with van der Waals surface area (Å²) in [7, 11) is 0. The van der Waals surface area contributed by atoms with Crippen LogP contribution in [0.15, 0.2) is 22.4 Å². The zero-order valence-electron chi connectivity index (χ0n) is 8.13. The zero-order chi connectivity index (χ0) is 10.1. The lowest BCUT2D eigenvalue weighted by molar-refractivity contribution is 0.606. The van der Waals surface area contributed by atoms with Crippen molar-refractivity contribution in [2.24, 2.45) is 0 Å². The van der Waals surface area contributed by atoms with Gasteiger partial charge in [-0.2, -0.15) is 0 Å². The highest BCUT2D eigenvalue weighted by molar-refractivity contribution is 7.99. The van der Waals surface area contributed by atoms with Crippen LogP contribution in [0.2, 0.25) is 0 Å². The standard InChI is InChI=1S/C11H11FS2/c1-3-7-6-14-10-8(7)4-5-9(12)11(10)13-2/h4-6H,3H2,1-2H3. The second-order valence-electron chi connectivity index (χ2n) is 3.07. The number of hydrogen-bond acceptors (Lipinski definition) is 2. The van der Waals surface area contributed by atoms with Gasteiger partial charge in [0.15, 0.2) is 0 Å². The minimum Gasteiger partial charge on any atom is -0.206 e. The molecule has 0 aliphatic carbocycles. The molecule has 0 atom stereocenters. The summed E-state index contributed by atoms with van der Waals surface area (Å²) in [5.74, 6) is -0.102. The molecule has 0 nitrogen and oxygen atoms in total. The van der Waals surface area contributed by atoms with Crippen LogP contribution in [0.25, 0.3) is 10.1 Å². The number of rotatable bonds is 2. The summed E-state index contributed by atoms with van der Waals surface area (Å²) in [6.45, 7) is 2.13. The van der Waals surface area contributed by atoms with Gasteiger partial charge in [0.2, 0.25) is 0 Å². The van der Waals surface area contributed by atoms with E-state index >= 15 is 0 Å². The molecule has 0 amide bonds. The molecule has 2 aromatic rings. The molecule has 74 valence electrons. The van der Waals surface area contributed by atoms with Crippen molar-refractivity contribution in [3.63, 3.8) is 0 Å². The molecule has 0 fully saturated rings. The Hall–Kier alpha value is -0.540. The molecule has 2 rings (SSSR count). The molecule has 14 heavy (non-hydrogen) atoms. The molecule has 1 aromatic carbocycles. The lowest BCUT2D eigenvalue weighted by atomic mass is 10.1. The number of aryl methyl sites for hydroxylation is 1. The van der Waals surface area contributed by atoms with Gasteiger partial charge in [-0.05, 0) is 35.1 Å². The maximum atomic E-state index is 13.4. The summed E-state index contributed by atoms with van der Waals surface area (Å²) < 4.78 is 14.5. The average Bonchev–Trinajstić information content (AvgIpc) is 2.60. The number of thiophene rings is 1. The Morgan fingerprint density at radius 2 is 2.21 bits per heavy atom. The summed E-state index contributed by atoms with van der Waals surface area (Å²) in [6, 6.07) is 3.46. The van der Waals surface area contributed by atoms with Crippen LogP contribution >= 0.6 is 23.1 Å². The van der Waals surface area contributed by atoms with Crippen molar-refractivity contribution in [1.29, 1.82) is 0 Å². The van der Waals surface area contributed by atoms with Crippen LogP contribution in [-0.4, -0.2) is 6.26 Å². The summed E-state index contributed by atoms with van der Waals surface area (Å²) in [5, 5.41) is 3.34. The Bertz CT molecular complexity index is 460. The first-order chi connectivity index (χ1) is 6.77. The third kappa shape index (κ3) is 1.44. The Morgan fingerprint density at radius 3 is 2.86 bits per heavy atom. The van der Waals surface area contributed by atoms with Crippen molar-refractivity contribution in [3.8, 4) is 0 Å². The van der Waals surface area contributed by atoms with E-state index in [0.29, 0.717) is 0 Å². The van der Waals surface area contributed by atoms with E-state index < -0.39 is 0 Å². The number of fused-ring (bicyclic) bond motifs is 1. The van der Waals surface area contributed by atoms with E-state index in [-0.39, 0.29) is 5.82 Å². The van der Waals surface area contributed by atoms with Crippen molar-refractivity contribution < 1.29 is 4.39 Å². The third-order valence-electron chi connectivity index (χ3n) is 2.31. The molecule has 0 N–H and O–H groups in total. The van der Waals surface area contributed by atoms with Crippen molar-refractivity contribution in [2.45, 2.75) is 18.2 Å². The normalized spacial score (nSPS) is 11.1. The molecule has 3 heteroatoms. The van der Waals surface area contributed by atoms with Gasteiger partial charge in [0.05, 0.1) is 9.60 Å². The Labute approximate surface area is 91.1 Å². The van der Waals surface area contributed by atoms with Crippen LogP contribution in [-0.2, 0) is 6.42 Å². The summed E-state index contributed by atoms with van der Waals surface area (Å²) in [5.41, 5.74) is 1.32. The summed E-state index contributed by atoms with van der Waals surface area (Å²) in [6.07, 6.45) is 2.93. The lowest BCUT2D eigenvalue weighted by Gasteiger charge is -2.01. The molecule has 0 aliphatic heterocycles. The van der Waals surface area contributed by atoms with E-state index in [4.69, 9.17) is 0 Å². The minimum atomic E-state index is -0.102. The second-order valence-corrected chi connectivity index (χ2v) is 4.77. The fourth-order valence-corrected chi connectivity index (χ4v) is 3.60. The van der Waals surface area contributed by atoms with Gasteiger partial charge >= 0.3 is 0 Å². The molecular formula is C11H11FS2. The van der Waals surface area contributed by atoms with Crippen molar-refractivity contribution in [3.05, 3.63) is 28.9 Å². The van der Waals surface area contributed by atoms with Gasteiger partial charge in [0.1, 0.15) is 5.82 Å². The zero-order valence-corrected chi connectivity index (χ0v) is 9.77. The van der Waals surface area contributed by atoms with Gasteiger partial charge in [-0.1, -0.05) is 13.0 Å². The van der Waals surface area contributed by atoms with E-state index in [1.807, 2.05) is 12.3 Å². The topological polar surface area (TPSA) is 0 Å². The monoisotopic (exact) mass is 226 g/mol. The van der Waals surface area contributed by atoms with Gasteiger partial charge in [0, 0.05) is 0 Å². The largest absolute Gasteiger partial charge is 0.206 e. The van der Waals surface area contributed by atoms with Crippen LogP contribution in [0.1, 0.15) is 12.5 Å². The predicted octanol–water partition coefficient (Wildman–Crippen LogP) is 4.32. The first-order valence-electron chi connectivity index (χ1n) is 4.50. The average molecular weight is 226 g/mol. The first-order valence-corrected chi connectivity index (χ1v) is 6.61. The molecule has 0 spiro atoms. The first kappa shape index (κ1) is 9.99. The number of thioether (sulfide) groups is 1. The molecule has 0 saturated heterocycles. The van der Waals surface area contributed by atoms with E-state index in [0.717, 1.165) is 16.0 Å². The fourth-order valence-electron chi connectivity index (χ4n) is 1.57. The molecule has 0 aliphatic rings. The van der Waals surface area contributed by atoms with Gasteiger partial charge in [-0.25, -0.2) is 4.39 Å². The SMILES string of the molecule is CCc1csc2c(SC)c(F)ccc12. The van der Waals surface area contributed by atoms with Crippen molar-refractivity contribution in [1.82, 2.24) is 0 Å². The predicted molar refractivity (Wildman–Crippen MR) is 62.9 cm³/mol. The third-order valence-corrected chi connectivity index (χ3v) is 4.31. The Kier molecular flexibility index (Phi) is 2.79. The van der Waals surface area contributed by atoms with Gasteiger partial charge in [0.25, 0.3) is 0 Å².